The van der Waals surface area contributed by atoms with Gasteiger partial charge < -0.3 is 9.84 Å². The van der Waals surface area contributed by atoms with Gasteiger partial charge in [-0.05, 0) is 73.0 Å². The van der Waals surface area contributed by atoms with Crippen LogP contribution in [0.5, 0.6) is 5.75 Å². The Morgan fingerprint density at radius 1 is 1.03 bits per heavy atom. The molecule has 1 fully saturated rings. The molecule has 1 aliphatic heterocycles. The fourth-order valence-electron chi connectivity index (χ4n) is 4.06. The van der Waals surface area contributed by atoms with Gasteiger partial charge in [0.15, 0.2) is 0 Å². The van der Waals surface area contributed by atoms with Crippen molar-refractivity contribution in [2.75, 3.05) is 12.0 Å². The van der Waals surface area contributed by atoms with Gasteiger partial charge in [0.05, 0.1) is 24.3 Å². The Balaban J connectivity index is 2.00. The predicted octanol–water partition coefficient (Wildman–Crippen LogP) is 4.47. The lowest BCUT2D eigenvalue weighted by Crippen LogP contribution is -2.29. The molecule has 1 aliphatic rings. The van der Waals surface area contributed by atoms with Crippen LogP contribution in [0.4, 0.5) is 10.1 Å². The molecule has 2 aromatic carbocycles. The first-order valence-electron chi connectivity index (χ1n) is 9.95. The van der Waals surface area contributed by atoms with Crippen molar-refractivity contribution < 1.29 is 23.8 Å². The van der Waals surface area contributed by atoms with Gasteiger partial charge in [0.1, 0.15) is 17.3 Å². The number of ketones is 1. The van der Waals surface area contributed by atoms with Crippen LogP contribution in [0.3, 0.4) is 0 Å². The normalized spacial score (nSPS) is 17.6. The molecule has 1 N–H and O–H groups in total. The highest BCUT2D eigenvalue weighted by molar-refractivity contribution is 6.51. The first kappa shape index (κ1) is 21.2. The van der Waals surface area contributed by atoms with E-state index in [0.29, 0.717) is 11.3 Å². The van der Waals surface area contributed by atoms with Crippen LogP contribution < -0.4 is 9.64 Å². The quantitative estimate of drug-likeness (QED) is 0.374. The van der Waals surface area contributed by atoms with Crippen molar-refractivity contribution in [3.8, 4) is 5.75 Å². The number of halogens is 1. The molecule has 6 nitrogen and oxygen atoms in total. The number of amides is 1. The number of carbonyl (C=O) groups excluding carboxylic acids is 2. The number of aliphatic hydroxyl groups is 1. The van der Waals surface area contributed by atoms with Crippen LogP contribution in [0.15, 0.2) is 66.5 Å². The van der Waals surface area contributed by atoms with E-state index in [9.17, 15) is 19.1 Å². The van der Waals surface area contributed by atoms with E-state index in [-0.39, 0.29) is 16.9 Å². The SMILES string of the molecule is COc1ccc(F)cc1/C(O)=C1\C(=O)C(=O)N(c2cc(C)cc(C)c2)C1c1ccncc1. The molecule has 0 spiro atoms. The van der Waals surface area contributed by atoms with Gasteiger partial charge in [-0.15, -0.1) is 0 Å². The smallest absolute Gasteiger partial charge is 0.300 e. The van der Waals surface area contributed by atoms with Crippen LogP contribution in [-0.4, -0.2) is 28.9 Å². The molecule has 0 bridgehead atoms. The van der Waals surface area contributed by atoms with E-state index in [2.05, 4.69) is 4.98 Å². The molecule has 4 rings (SSSR count). The van der Waals surface area contributed by atoms with Gasteiger partial charge in [0, 0.05) is 18.1 Å². The molecule has 1 unspecified atom stereocenters. The fraction of sp³-hybridized carbons (Fsp3) is 0.160. The van der Waals surface area contributed by atoms with Gasteiger partial charge in [-0.3, -0.25) is 19.5 Å². The maximum atomic E-state index is 14.0. The number of aliphatic hydroxyl groups excluding tert-OH is 1. The minimum atomic E-state index is -0.924. The lowest BCUT2D eigenvalue weighted by molar-refractivity contribution is -0.132. The summed E-state index contributed by atoms with van der Waals surface area (Å²) >= 11 is 0. The molecule has 3 aromatic rings. The predicted molar refractivity (Wildman–Crippen MR) is 118 cm³/mol. The number of aryl methyl sites for hydroxylation is 2. The molecule has 32 heavy (non-hydrogen) atoms. The van der Waals surface area contributed by atoms with E-state index in [1.165, 1.54) is 24.1 Å². The topological polar surface area (TPSA) is 79.7 Å². The Bertz CT molecular complexity index is 1230. The lowest BCUT2D eigenvalue weighted by Gasteiger charge is -2.26. The number of anilines is 1. The first-order chi connectivity index (χ1) is 15.3. The third kappa shape index (κ3) is 3.62. The third-order valence-electron chi connectivity index (χ3n) is 5.37. The van der Waals surface area contributed by atoms with Crippen molar-refractivity contribution in [3.05, 3.63) is 94.6 Å². The van der Waals surface area contributed by atoms with E-state index in [0.717, 1.165) is 17.2 Å². The number of ether oxygens (including phenoxy) is 1. The largest absolute Gasteiger partial charge is 0.507 e. The number of rotatable bonds is 4. The summed E-state index contributed by atoms with van der Waals surface area (Å²) in [4.78, 5) is 31.7. The average molecular weight is 432 g/mol. The van der Waals surface area contributed by atoms with Gasteiger partial charge in [-0.2, -0.15) is 0 Å². The zero-order chi connectivity index (χ0) is 23.0. The van der Waals surface area contributed by atoms with Gasteiger partial charge in [-0.25, -0.2) is 4.39 Å². The van der Waals surface area contributed by atoms with Crippen molar-refractivity contribution >= 4 is 23.1 Å². The van der Waals surface area contributed by atoms with E-state index in [1.807, 2.05) is 19.9 Å². The van der Waals surface area contributed by atoms with Crippen molar-refractivity contribution in [1.29, 1.82) is 0 Å². The Morgan fingerprint density at radius 3 is 2.31 bits per heavy atom. The summed E-state index contributed by atoms with van der Waals surface area (Å²) in [6, 6.07) is 11.6. The molecule has 0 radical (unpaired) electrons. The lowest BCUT2D eigenvalue weighted by atomic mass is 9.95. The summed E-state index contributed by atoms with van der Waals surface area (Å²) in [5.74, 6) is -2.59. The van der Waals surface area contributed by atoms with Crippen LogP contribution in [0.2, 0.25) is 0 Å². The van der Waals surface area contributed by atoms with Crippen LogP contribution in [0, 0.1) is 19.7 Å². The van der Waals surface area contributed by atoms with Gasteiger partial charge in [-0.1, -0.05) is 6.07 Å². The molecule has 162 valence electrons. The summed E-state index contributed by atoms with van der Waals surface area (Å²) in [5.41, 5.74) is 2.78. The Labute approximate surface area is 184 Å². The number of benzene rings is 2. The van der Waals surface area contributed by atoms with Gasteiger partial charge in [0.25, 0.3) is 11.7 Å². The van der Waals surface area contributed by atoms with Crippen LogP contribution in [0.1, 0.15) is 28.3 Å². The number of Topliss-reactive ketones (excluding diaryl/α,β-unsaturated/α-hetero) is 1. The van der Waals surface area contributed by atoms with E-state index >= 15 is 0 Å². The number of carbonyl (C=O) groups is 2. The summed E-state index contributed by atoms with van der Waals surface area (Å²) in [6.07, 6.45) is 3.08. The molecule has 7 heteroatoms. The number of hydrogen-bond acceptors (Lipinski definition) is 5. The van der Waals surface area contributed by atoms with Gasteiger partial charge in [0.2, 0.25) is 0 Å². The van der Waals surface area contributed by atoms with Crippen LogP contribution in [-0.2, 0) is 9.59 Å². The molecule has 1 aromatic heterocycles. The van der Waals surface area contributed by atoms with Crippen molar-refractivity contribution in [2.45, 2.75) is 19.9 Å². The first-order valence-corrected chi connectivity index (χ1v) is 9.95. The minimum Gasteiger partial charge on any atom is -0.507 e. The van der Waals surface area contributed by atoms with Crippen molar-refractivity contribution in [2.24, 2.45) is 0 Å². The Morgan fingerprint density at radius 2 is 1.69 bits per heavy atom. The standard InChI is InChI=1S/C25H21FN2O4/c1-14-10-15(2)12-18(11-14)28-22(16-6-8-27-9-7-16)21(24(30)25(28)31)23(29)19-13-17(26)4-5-20(19)32-3/h4-13,22,29H,1-3H3/b23-21+. The number of methoxy groups -OCH3 is 1. The van der Waals surface area contributed by atoms with E-state index < -0.39 is 29.3 Å². The maximum absolute atomic E-state index is 14.0. The Kier molecular flexibility index (Phi) is 5.48. The Hall–Kier alpha value is -4.00. The zero-order valence-electron chi connectivity index (χ0n) is 17.8. The number of nitrogens with zero attached hydrogens (tertiary/aromatic N) is 2. The summed E-state index contributed by atoms with van der Waals surface area (Å²) in [6.45, 7) is 3.79. The second-order valence-electron chi connectivity index (χ2n) is 7.64. The highest BCUT2D eigenvalue weighted by Crippen LogP contribution is 2.43. The fourth-order valence-corrected chi connectivity index (χ4v) is 4.06. The van der Waals surface area contributed by atoms with Crippen molar-refractivity contribution in [3.63, 3.8) is 0 Å². The second kappa shape index (κ2) is 8.26. The summed E-state index contributed by atoms with van der Waals surface area (Å²) in [7, 11) is 1.37. The number of pyridine rings is 1. The van der Waals surface area contributed by atoms with E-state index in [4.69, 9.17) is 4.74 Å². The maximum Gasteiger partial charge on any atom is 0.300 e. The van der Waals surface area contributed by atoms with E-state index in [1.54, 1.807) is 36.7 Å². The van der Waals surface area contributed by atoms with Crippen LogP contribution >= 0.6 is 0 Å². The molecular formula is C25H21FN2O4. The molecule has 0 saturated carbocycles. The minimum absolute atomic E-state index is 0.00928. The highest BCUT2D eigenvalue weighted by atomic mass is 19.1. The number of hydrogen-bond donors (Lipinski definition) is 1. The van der Waals surface area contributed by atoms with Gasteiger partial charge >= 0.3 is 0 Å². The molecule has 1 atom stereocenters. The second-order valence-corrected chi connectivity index (χ2v) is 7.64. The average Bonchev–Trinajstić information content (AvgIpc) is 3.04. The highest BCUT2D eigenvalue weighted by Gasteiger charge is 2.47. The molecule has 2 heterocycles. The molecule has 1 amide bonds. The van der Waals surface area contributed by atoms with Crippen LogP contribution in [0.25, 0.3) is 5.76 Å². The summed E-state index contributed by atoms with van der Waals surface area (Å²) in [5, 5.41) is 11.2. The monoisotopic (exact) mass is 432 g/mol. The third-order valence-corrected chi connectivity index (χ3v) is 5.37. The van der Waals surface area contributed by atoms with Crippen molar-refractivity contribution in [1.82, 2.24) is 4.98 Å². The summed E-state index contributed by atoms with van der Waals surface area (Å²) < 4.78 is 19.2. The molecule has 0 aliphatic carbocycles. The molecule has 1 saturated heterocycles. The number of aromatic nitrogens is 1. The zero-order valence-corrected chi connectivity index (χ0v) is 17.8. The molecular weight excluding hydrogens is 411 g/mol.